The molecule has 4 nitrogen and oxygen atoms in total. The third-order valence-electron chi connectivity index (χ3n) is 4.98. The molecule has 132 valence electrons. The quantitative estimate of drug-likeness (QED) is 0.915. The molecule has 25 heavy (non-hydrogen) atoms. The first kappa shape index (κ1) is 17.3. The van der Waals surface area contributed by atoms with E-state index >= 15 is 0 Å². The minimum absolute atomic E-state index is 0.0605. The molecule has 1 aromatic heterocycles. The number of aromatic amines is 1. The maximum atomic E-state index is 13.5. The average molecular weight is 346 g/mol. The zero-order valence-corrected chi connectivity index (χ0v) is 14.5. The van der Waals surface area contributed by atoms with Crippen LogP contribution in [0, 0.1) is 18.6 Å². The number of aryl methyl sites for hydroxylation is 1. The van der Waals surface area contributed by atoms with E-state index in [-0.39, 0.29) is 11.7 Å². The van der Waals surface area contributed by atoms with Gasteiger partial charge in [0.25, 0.3) is 5.91 Å². The van der Waals surface area contributed by atoms with Crippen LogP contribution in [0.4, 0.5) is 8.78 Å². The summed E-state index contributed by atoms with van der Waals surface area (Å²) in [6.07, 6.45) is 2.03. The van der Waals surface area contributed by atoms with Crippen molar-refractivity contribution in [3.05, 3.63) is 57.9 Å². The molecule has 0 saturated carbocycles. The van der Waals surface area contributed by atoms with Crippen LogP contribution in [0.5, 0.6) is 0 Å². The highest BCUT2D eigenvalue weighted by molar-refractivity contribution is 6.04. The number of ketones is 1. The Kier molecular flexibility index (Phi) is 4.45. The Morgan fingerprint density at radius 3 is 2.60 bits per heavy atom. The number of halogens is 2. The number of hydrogen-bond donors (Lipinski definition) is 1. The van der Waals surface area contributed by atoms with Gasteiger partial charge in [-0.25, -0.2) is 8.78 Å². The van der Waals surface area contributed by atoms with Crippen molar-refractivity contribution in [2.45, 2.75) is 39.2 Å². The molecular formula is C19H20F2N2O2. The molecule has 0 spiro atoms. The molecule has 3 rings (SSSR count). The number of rotatable bonds is 3. The molecule has 2 aromatic rings. The fraction of sp³-hybridized carbons (Fsp3) is 0.368. The van der Waals surface area contributed by atoms with E-state index in [2.05, 4.69) is 4.98 Å². The summed E-state index contributed by atoms with van der Waals surface area (Å²) in [5, 5.41) is 0. The number of Topliss-reactive ketones (excluding diaryl/α,β-unsaturated/α-hetero) is 1. The monoisotopic (exact) mass is 346 g/mol. The second kappa shape index (κ2) is 6.43. The lowest BCUT2D eigenvalue weighted by Gasteiger charge is -2.25. The highest BCUT2D eigenvalue weighted by Gasteiger charge is 2.29. The molecule has 1 aliphatic carbocycles. The van der Waals surface area contributed by atoms with E-state index < -0.39 is 17.7 Å². The number of carbonyl (C=O) groups is 2. The van der Waals surface area contributed by atoms with Crippen LogP contribution in [-0.4, -0.2) is 28.6 Å². The molecule has 0 radical (unpaired) electrons. The molecule has 0 bridgehead atoms. The maximum absolute atomic E-state index is 13.5. The van der Waals surface area contributed by atoms with E-state index in [1.807, 2.05) is 0 Å². The van der Waals surface area contributed by atoms with Crippen molar-refractivity contribution in [1.29, 1.82) is 0 Å². The lowest BCUT2D eigenvalue weighted by Crippen LogP contribution is -2.30. The van der Waals surface area contributed by atoms with Crippen molar-refractivity contribution in [2.75, 3.05) is 7.05 Å². The Morgan fingerprint density at radius 2 is 1.96 bits per heavy atom. The van der Waals surface area contributed by atoms with Gasteiger partial charge in [-0.1, -0.05) is 6.07 Å². The van der Waals surface area contributed by atoms with E-state index in [4.69, 9.17) is 0 Å². The Morgan fingerprint density at radius 1 is 1.24 bits per heavy atom. The van der Waals surface area contributed by atoms with Gasteiger partial charge in [0.1, 0.15) is 5.69 Å². The van der Waals surface area contributed by atoms with Crippen LogP contribution in [-0.2, 0) is 6.42 Å². The lowest BCUT2D eigenvalue weighted by molar-refractivity contribution is 0.0736. The number of fused-ring (bicyclic) bond motifs is 1. The number of hydrogen-bond acceptors (Lipinski definition) is 2. The van der Waals surface area contributed by atoms with E-state index in [1.54, 1.807) is 20.9 Å². The van der Waals surface area contributed by atoms with Crippen LogP contribution in [0.25, 0.3) is 0 Å². The molecule has 0 aliphatic heterocycles. The van der Waals surface area contributed by atoms with Crippen molar-refractivity contribution >= 4 is 11.7 Å². The number of aromatic nitrogens is 1. The van der Waals surface area contributed by atoms with Gasteiger partial charge in [-0.05, 0) is 49.9 Å². The molecule has 1 heterocycles. The lowest BCUT2D eigenvalue weighted by atomic mass is 9.93. The molecule has 1 N–H and O–H groups in total. The summed E-state index contributed by atoms with van der Waals surface area (Å²) in [4.78, 5) is 29.5. The first-order chi connectivity index (χ1) is 11.8. The molecule has 0 fully saturated rings. The predicted molar refractivity (Wildman–Crippen MR) is 89.7 cm³/mol. The van der Waals surface area contributed by atoms with Gasteiger partial charge in [0.2, 0.25) is 0 Å². The smallest absolute Gasteiger partial charge is 0.270 e. The minimum Gasteiger partial charge on any atom is -0.354 e. The Hall–Kier alpha value is -2.50. The van der Waals surface area contributed by atoms with Crippen LogP contribution >= 0.6 is 0 Å². The predicted octanol–water partition coefficient (Wildman–Crippen LogP) is 3.95. The van der Waals surface area contributed by atoms with Crippen LogP contribution in [0.15, 0.2) is 18.2 Å². The number of nitrogens with zero attached hydrogens (tertiary/aromatic N) is 1. The van der Waals surface area contributed by atoms with Gasteiger partial charge in [-0.3, -0.25) is 9.59 Å². The summed E-state index contributed by atoms with van der Waals surface area (Å²) in [6.45, 7) is 3.51. The van der Waals surface area contributed by atoms with Crippen LogP contribution in [0.3, 0.4) is 0 Å². The van der Waals surface area contributed by atoms with Crippen LogP contribution < -0.4 is 0 Å². The minimum atomic E-state index is -0.942. The molecule has 1 aliphatic rings. The molecule has 1 amide bonds. The number of benzene rings is 1. The van der Waals surface area contributed by atoms with E-state index in [1.165, 1.54) is 11.0 Å². The highest BCUT2D eigenvalue weighted by Crippen LogP contribution is 2.29. The number of amides is 1. The van der Waals surface area contributed by atoms with Gasteiger partial charge in [0.05, 0.1) is 6.04 Å². The average Bonchev–Trinajstić information content (AvgIpc) is 2.93. The van der Waals surface area contributed by atoms with Gasteiger partial charge in [0.15, 0.2) is 17.4 Å². The van der Waals surface area contributed by atoms with E-state index in [0.29, 0.717) is 28.8 Å². The maximum Gasteiger partial charge on any atom is 0.270 e. The van der Waals surface area contributed by atoms with Gasteiger partial charge in [-0.2, -0.15) is 0 Å². The SMILES string of the molecule is Cc1c(C(=O)N(C)C(C)c2ccc(F)c(F)c2)[nH]c2c1C(=O)CCC2. The summed E-state index contributed by atoms with van der Waals surface area (Å²) in [6, 6.07) is 3.16. The normalized spacial score (nSPS) is 15.0. The van der Waals surface area contributed by atoms with Crippen LogP contribution in [0.1, 0.15) is 63.5 Å². The van der Waals surface area contributed by atoms with Gasteiger partial charge in [0, 0.05) is 24.7 Å². The molecule has 1 unspecified atom stereocenters. The standard InChI is InChI=1S/C19H20F2N2O2/c1-10-17-15(5-4-6-16(17)24)22-18(10)19(25)23(3)11(2)12-7-8-13(20)14(21)9-12/h7-9,11,22H,4-6H2,1-3H3. The Labute approximate surface area is 144 Å². The fourth-order valence-corrected chi connectivity index (χ4v) is 3.34. The zero-order valence-electron chi connectivity index (χ0n) is 14.5. The highest BCUT2D eigenvalue weighted by atomic mass is 19.2. The summed E-state index contributed by atoms with van der Waals surface area (Å²) >= 11 is 0. The summed E-state index contributed by atoms with van der Waals surface area (Å²) in [5.41, 5.74) is 2.99. The van der Waals surface area contributed by atoms with Crippen molar-refractivity contribution < 1.29 is 18.4 Å². The van der Waals surface area contributed by atoms with Crippen molar-refractivity contribution in [1.82, 2.24) is 9.88 Å². The van der Waals surface area contributed by atoms with Gasteiger partial charge < -0.3 is 9.88 Å². The molecule has 0 saturated heterocycles. The Balaban J connectivity index is 1.90. The van der Waals surface area contributed by atoms with Crippen molar-refractivity contribution in [3.63, 3.8) is 0 Å². The molecule has 6 heteroatoms. The van der Waals surface area contributed by atoms with Gasteiger partial charge in [-0.15, -0.1) is 0 Å². The number of carbonyl (C=O) groups excluding carboxylic acids is 2. The van der Waals surface area contributed by atoms with Crippen LogP contribution in [0.2, 0.25) is 0 Å². The fourth-order valence-electron chi connectivity index (χ4n) is 3.34. The topological polar surface area (TPSA) is 53.2 Å². The Bertz CT molecular complexity index is 857. The first-order valence-corrected chi connectivity index (χ1v) is 8.28. The number of nitrogens with one attached hydrogen (secondary N) is 1. The first-order valence-electron chi connectivity index (χ1n) is 8.28. The molecule has 1 atom stereocenters. The largest absolute Gasteiger partial charge is 0.354 e. The number of H-pyrrole nitrogens is 1. The van der Waals surface area contributed by atoms with Gasteiger partial charge >= 0.3 is 0 Å². The summed E-state index contributed by atoms with van der Waals surface area (Å²) < 4.78 is 26.6. The molecule has 1 aromatic carbocycles. The second-order valence-corrected chi connectivity index (χ2v) is 6.52. The van der Waals surface area contributed by atoms with Crippen molar-refractivity contribution in [3.8, 4) is 0 Å². The van der Waals surface area contributed by atoms with E-state index in [9.17, 15) is 18.4 Å². The summed E-state index contributed by atoms with van der Waals surface area (Å²) in [5.74, 6) is -2.08. The zero-order chi connectivity index (χ0) is 18.3. The molecular weight excluding hydrogens is 326 g/mol. The second-order valence-electron chi connectivity index (χ2n) is 6.52. The third-order valence-corrected chi connectivity index (χ3v) is 4.98. The van der Waals surface area contributed by atoms with E-state index in [0.717, 1.165) is 30.7 Å². The third kappa shape index (κ3) is 2.97. The summed E-state index contributed by atoms with van der Waals surface area (Å²) in [7, 11) is 1.61. The van der Waals surface area contributed by atoms with Crippen molar-refractivity contribution in [2.24, 2.45) is 0 Å².